The summed E-state index contributed by atoms with van der Waals surface area (Å²) in [6.07, 6.45) is 0. The summed E-state index contributed by atoms with van der Waals surface area (Å²) in [5, 5.41) is 5.38. The number of rotatable bonds is 7. The van der Waals surface area contributed by atoms with E-state index in [1.54, 1.807) is 18.4 Å². The molecule has 1 N–H and O–H groups in total. The Bertz CT molecular complexity index is 497. The van der Waals surface area contributed by atoms with Crippen LogP contribution < -0.4 is 14.8 Å². The van der Waals surface area contributed by atoms with Crippen molar-refractivity contribution in [2.45, 2.75) is 20.1 Å². The highest BCUT2D eigenvalue weighted by molar-refractivity contribution is 7.09. The van der Waals surface area contributed by atoms with Crippen molar-refractivity contribution in [2.24, 2.45) is 0 Å². The van der Waals surface area contributed by atoms with Gasteiger partial charge in [0.05, 0.1) is 7.11 Å². The summed E-state index contributed by atoms with van der Waals surface area (Å²) < 4.78 is 11.2. The van der Waals surface area contributed by atoms with Crippen molar-refractivity contribution in [1.82, 2.24) is 5.32 Å². The molecule has 1 aromatic heterocycles. The van der Waals surface area contributed by atoms with E-state index < -0.39 is 0 Å². The van der Waals surface area contributed by atoms with E-state index in [1.807, 2.05) is 24.3 Å². The van der Waals surface area contributed by atoms with Crippen LogP contribution in [0.5, 0.6) is 11.5 Å². The number of methoxy groups -OCH3 is 1. The smallest absolute Gasteiger partial charge is 0.124 e. The van der Waals surface area contributed by atoms with Gasteiger partial charge in [-0.05, 0) is 36.2 Å². The number of ether oxygens (including phenoxy) is 2. The fraction of sp³-hybridized carbons (Fsp3) is 0.333. The van der Waals surface area contributed by atoms with Gasteiger partial charge in [0.25, 0.3) is 0 Å². The summed E-state index contributed by atoms with van der Waals surface area (Å²) in [7, 11) is 1.68. The lowest BCUT2D eigenvalue weighted by atomic mass is 10.2. The Morgan fingerprint density at radius 1 is 1.26 bits per heavy atom. The molecule has 0 aliphatic carbocycles. The summed E-state index contributed by atoms with van der Waals surface area (Å²) in [5.74, 6) is 1.77. The zero-order valence-corrected chi connectivity index (χ0v) is 12.1. The van der Waals surface area contributed by atoms with Crippen LogP contribution in [0.25, 0.3) is 0 Å². The van der Waals surface area contributed by atoms with E-state index in [4.69, 9.17) is 9.47 Å². The molecule has 4 heteroatoms. The maximum atomic E-state index is 5.89. The van der Waals surface area contributed by atoms with Crippen LogP contribution in [-0.4, -0.2) is 13.7 Å². The second kappa shape index (κ2) is 7.16. The molecule has 2 aromatic rings. The third-order valence-corrected chi connectivity index (χ3v) is 3.63. The molecule has 2 rings (SSSR count). The normalized spacial score (nSPS) is 10.4. The fourth-order valence-electron chi connectivity index (χ4n) is 1.77. The minimum atomic E-state index is 0.614. The summed E-state index contributed by atoms with van der Waals surface area (Å²) in [6.45, 7) is 4.42. The lowest BCUT2D eigenvalue weighted by Crippen LogP contribution is -2.13. The molecule has 0 bridgehead atoms. The van der Waals surface area contributed by atoms with Gasteiger partial charge >= 0.3 is 0 Å². The molecule has 0 saturated carbocycles. The molecule has 0 spiro atoms. The lowest BCUT2D eigenvalue weighted by molar-refractivity contribution is 0.304. The number of hydrogen-bond acceptors (Lipinski definition) is 4. The minimum Gasteiger partial charge on any atom is -0.497 e. The molecule has 1 heterocycles. The number of nitrogens with one attached hydrogen (secondary N) is 1. The van der Waals surface area contributed by atoms with Gasteiger partial charge in [0.1, 0.15) is 18.1 Å². The van der Waals surface area contributed by atoms with Gasteiger partial charge in [0, 0.05) is 17.0 Å². The highest BCUT2D eigenvalue weighted by Gasteiger charge is 2.06. The summed E-state index contributed by atoms with van der Waals surface area (Å²) in [4.78, 5) is 1.23. The molecule has 0 amide bonds. The van der Waals surface area contributed by atoms with E-state index in [9.17, 15) is 0 Å². The van der Waals surface area contributed by atoms with Crippen molar-refractivity contribution in [3.8, 4) is 11.5 Å². The van der Waals surface area contributed by atoms with Gasteiger partial charge < -0.3 is 14.8 Å². The van der Waals surface area contributed by atoms with Crippen LogP contribution >= 0.6 is 11.3 Å². The van der Waals surface area contributed by atoms with Crippen molar-refractivity contribution in [3.63, 3.8) is 0 Å². The molecular weight excluding hydrogens is 258 g/mol. The molecule has 0 unspecified atom stereocenters. The first kappa shape index (κ1) is 13.9. The second-order valence-corrected chi connectivity index (χ2v) is 5.15. The zero-order valence-electron chi connectivity index (χ0n) is 11.3. The van der Waals surface area contributed by atoms with Crippen LogP contribution in [0.3, 0.4) is 0 Å². The quantitative estimate of drug-likeness (QED) is 0.841. The van der Waals surface area contributed by atoms with Gasteiger partial charge in [0.2, 0.25) is 0 Å². The van der Waals surface area contributed by atoms with Crippen LogP contribution in [0.4, 0.5) is 0 Å². The molecule has 0 atom stereocenters. The Morgan fingerprint density at radius 2 is 2.16 bits per heavy atom. The molecule has 19 heavy (non-hydrogen) atoms. The Hall–Kier alpha value is -1.52. The summed E-state index contributed by atoms with van der Waals surface area (Å²) in [6, 6.07) is 10.0. The SMILES string of the molecule is CCNCc1cc(OC)ccc1OCc1cccs1. The van der Waals surface area contributed by atoms with Crippen LogP contribution in [0, 0.1) is 0 Å². The van der Waals surface area contributed by atoms with Crippen molar-refractivity contribution < 1.29 is 9.47 Å². The van der Waals surface area contributed by atoms with Crippen LogP contribution in [0.15, 0.2) is 35.7 Å². The maximum absolute atomic E-state index is 5.89. The van der Waals surface area contributed by atoms with Crippen LogP contribution in [0.2, 0.25) is 0 Å². The van der Waals surface area contributed by atoms with E-state index in [0.29, 0.717) is 6.61 Å². The molecular formula is C15H19NO2S. The van der Waals surface area contributed by atoms with E-state index >= 15 is 0 Å². The van der Waals surface area contributed by atoms with Gasteiger partial charge in [-0.3, -0.25) is 0 Å². The highest BCUT2D eigenvalue weighted by Crippen LogP contribution is 2.25. The van der Waals surface area contributed by atoms with Gasteiger partial charge in [0.15, 0.2) is 0 Å². The van der Waals surface area contributed by atoms with Gasteiger partial charge in [-0.15, -0.1) is 11.3 Å². The first-order chi connectivity index (χ1) is 9.33. The van der Waals surface area contributed by atoms with Gasteiger partial charge in [-0.25, -0.2) is 0 Å². The average Bonchev–Trinajstić information content (AvgIpc) is 2.96. The van der Waals surface area contributed by atoms with Crippen LogP contribution in [0.1, 0.15) is 17.4 Å². The largest absolute Gasteiger partial charge is 0.497 e. The van der Waals surface area contributed by atoms with Gasteiger partial charge in [-0.2, -0.15) is 0 Å². The van der Waals surface area contributed by atoms with Crippen molar-refractivity contribution in [3.05, 3.63) is 46.2 Å². The Labute approximate surface area is 118 Å². The van der Waals surface area contributed by atoms with E-state index in [0.717, 1.165) is 30.2 Å². The molecule has 0 aliphatic heterocycles. The van der Waals surface area contributed by atoms with E-state index in [1.165, 1.54) is 4.88 Å². The van der Waals surface area contributed by atoms with Gasteiger partial charge in [-0.1, -0.05) is 13.0 Å². The molecule has 3 nitrogen and oxygen atoms in total. The Balaban J connectivity index is 2.08. The number of hydrogen-bond donors (Lipinski definition) is 1. The lowest BCUT2D eigenvalue weighted by Gasteiger charge is -2.12. The van der Waals surface area contributed by atoms with E-state index in [-0.39, 0.29) is 0 Å². The molecule has 0 fully saturated rings. The number of benzene rings is 1. The predicted octanol–water partition coefficient (Wildman–Crippen LogP) is 3.45. The first-order valence-corrected chi connectivity index (χ1v) is 7.24. The van der Waals surface area contributed by atoms with Crippen molar-refractivity contribution in [1.29, 1.82) is 0 Å². The third-order valence-electron chi connectivity index (χ3n) is 2.78. The summed E-state index contributed by atoms with van der Waals surface area (Å²) >= 11 is 1.71. The Kier molecular flexibility index (Phi) is 5.24. The second-order valence-electron chi connectivity index (χ2n) is 4.12. The number of thiophene rings is 1. The molecule has 0 radical (unpaired) electrons. The topological polar surface area (TPSA) is 30.5 Å². The minimum absolute atomic E-state index is 0.614. The molecule has 1 aromatic carbocycles. The third kappa shape index (κ3) is 3.98. The molecule has 102 valence electrons. The predicted molar refractivity (Wildman–Crippen MR) is 79.0 cm³/mol. The maximum Gasteiger partial charge on any atom is 0.124 e. The fourth-order valence-corrected chi connectivity index (χ4v) is 2.38. The monoisotopic (exact) mass is 277 g/mol. The highest BCUT2D eigenvalue weighted by atomic mass is 32.1. The average molecular weight is 277 g/mol. The molecule has 0 aliphatic rings. The first-order valence-electron chi connectivity index (χ1n) is 6.36. The van der Waals surface area contributed by atoms with Crippen LogP contribution in [-0.2, 0) is 13.2 Å². The Morgan fingerprint density at radius 3 is 2.84 bits per heavy atom. The standard InChI is InChI=1S/C15H19NO2S/c1-3-16-10-12-9-13(17-2)6-7-15(12)18-11-14-5-4-8-19-14/h4-9,16H,3,10-11H2,1-2H3. The molecule has 0 saturated heterocycles. The zero-order chi connectivity index (χ0) is 13.5. The van der Waals surface area contributed by atoms with E-state index in [2.05, 4.69) is 23.7 Å². The summed E-state index contributed by atoms with van der Waals surface area (Å²) in [5.41, 5.74) is 1.12. The van der Waals surface area contributed by atoms with Crippen molar-refractivity contribution in [2.75, 3.05) is 13.7 Å². The van der Waals surface area contributed by atoms with Crippen molar-refractivity contribution >= 4 is 11.3 Å².